The average Bonchev–Trinajstić information content (AvgIpc) is 2.43. The van der Waals surface area contributed by atoms with Crippen molar-refractivity contribution >= 4 is 11.6 Å². The largest absolute Gasteiger partial charge is 0.399 e. The molecule has 2 atom stereocenters. The summed E-state index contributed by atoms with van der Waals surface area (Å²) in [4.78, 5) is 12.1. The van der Waals surface area contributed by atoms with E-state index >= 15 is 0 Å². The summed E-state index contributed by atoms with van der Waals surface area (Å²) in [5.74, 6) is 0.419. The summed E-state index contributed by atoms with van der Waals surface area (Å²) in [7, 11) is 0. The number of amides is 1. The van der Waals surface area contributed by atoms with Crippen LogP contribution < -0.4 is 11.1 Å². The predicted molar refractivity (Wildman–Crippen MR) is 81.0 cm³/mol. The number of nitrogen functional groups attached to an aromatic ring is 1. The summed E-state index contributed by atoms with van der Waals surface area (Å²) in [5.41, 5.74) is 6.93. The second-order valence-corrected chi connectivity index (χ2v) is 4.84. The lowest BCUT2D eigenvalue weighted by molar-refractivity contribution is 0.0931. The normalized spacial score (nSPS) is 13.6. The van der Waals surface area contributed by atoms with Gasteiger partial charge in [-0.1, -0.05) is 19.9 Å². The first-order valence-corrected chi connectivity index (χ1v) is 6.89. The number of hydrogen-bond donors (Lipinski definition) is 2. The maximum atomic E-state index is 12.1. The SMILES string of the molecule is C=CC(CC)CC(CC)NC(=O)c1ccc(N)cc1. The van der Waals surface area contributed by atoms with E-state index in [-0.39, 0.29) is 11.9 Å². The van der Waals surface area contributed by atoms with Crippen LogP contribution in [-0.4, -0.2) is 11.9 Å². The smallest absolute Gasteiger partial charge is 0.251 e. The van der Waals surface area contributed by atoms with Gasteiger partial charge in [-0.25, -0.2) is 0 Å². The lowest BCUT2D eigenvalue weighted by Crippen LogP contribution is -2.35. The first kappa shape index (κ1) is 15.3. The van der Waals surface area contributed by atoms with E-state index < -0.39 is 0 Å². The van der Waals surface area contributed by atoms with Crippen LogP contribution in [0, 0.1) is 5.92 Å². The summed E-state index contributed by atoms with van der Waals surface area (Å²) in [6.07, 6.45) is 4.89. The fourth-order valence-electron chi connectivity index (χ4n) is 2.03. The number of carbonyl (C=O) groups is 1. The number of carbonyl (C=O) groups excluding carboxylic acids is 1. The van der Waals surface area contributed by atoms with Crippen LogP contribution in [0.15, 0.2) is 36.9 Å². The topological polar surface area (TPSA) is 55.1 Å². The van der Waals surface area contributed by atoms with Gasteiger partial charge in [-0.3, -0.25) is 4.79 Å². The Morgan fingerprint density at radius 2 is 1.95 bits per heavy atom. The summed E-state index contributed by atoms with van der Waals surface area (Å²) in [6.45, 7) is 8.07. The first-order chi connectivity index (χ1) is 9.10. The molecule has 1 aromatic carbocycles. The summed E-state index contributed by atoms with van der Waals surface area (Å²) in [5, 5.41) is 3.07. The molecule has 19 heavy (non-hydrogen) atoms. The van der Waals surface area contributed by atoms with Crippen LogP contribution in [0.3, 0.4) is 0 Å². The molecule has 0 aliphatic rings. The number of benzene rings is 1. The third-order valence-corrected chi connectivity index (χ3v) is 3.45. The Bertz CT molecular complexity index is 411. The second-order valence-electron chi connectivity index (χ2n) is 4.84. The highest BCUT2D eigenvalue weighted by Gasteiger charge is 2.15. The minimum atomic E-state index is -0.0363. The van der Waals surface area contributed by atoms with Crippen LogP contribution in [0.4, 0.5) is 5.69 Å². The Morgan fingerprint density at radius 1 is 1.32 bits per heavy atom. The molecule has 0 radical (unpaired) electrons. The lowest BCUT2D eigenvalue weighted by atomic mass is 9.96. The van der Waals surface area contributed by atoms with Crippen molar-refractivity contribution in [1.29, 1.82) is 0 Å². The number of rotatable bonds is 7. The van der Waals surface area contributed by atoms with Crippen LogP contribution in [0.1, 0.15) is 43.5 Å². The third-order valence-electron chi connectivity index (χ3n) is 3.45. The van der Waals surface area contributed by atoms with Crippen molar-refractivity contribution in [2.24, 2.45) is 5.92 Å². The van der Waals surface area contributed by atoms with Gasteiger partial charge < -0.3 is 11.1 Å². The van der Waals surface area contributed by atoms with Crippen LogP contribution in [0.5, 0.6) is 0 Å². The van der Waals surface area contributed by atoms with Crippen molar-refractivity contribution < 1.29 is 4.79 Å². The molecule has 0 fully saturated rings. The van der Waals surface area contributed by atoms with Crippen molar-refractivity contribution in [2.75, 3.05) is 5.73 Å². The molecule has 0 aliphatic heterocycles. The molecule has 3 nitrogen and oxygen atoms in total. The monoisotopic (exact) mass is 260 g/mol. The van der Waals surface area contributed by atoms with E-state index in [2.05, 4.69) is 25.7 Å². The zero-order valence-corrected chi connectivity index (χ0v) is 11.9. The van der Waals surface area contributed by atoms with Gasteiger partial charge >= 0.3 is 0 Å². The fraction of sp³-hybridized carbons (Fsp3) is 0.438. The minimum absolute atomic E-state index is 0.0363. The highest BCUT2D eigenvalue weighted by atomic mass is 16.1. The van der Waals surface area contributed by atoms with Crippen LogP contribution in [0.2, 0.25) is 0 Å². The Kier molecular flexibility index (Phi) is 6.13. The van der Waals surface area contributed by atoms with Crippen molar-refractivity contribution in [2.45, 2.75) is 39.2 Å². The molecular formula is C16H24N2O. The number of nitrogens with two attached hydrogens (primary N) is 1. The molecule has 1 rings (SSSR count). The quantitative estimate of drug-likeness (QED) is 0.583. The Morgan fingerprint density at radius 3 is 2.42 bits per heavy atom. The fourth-order valence-corrected chi connectivity index (χ4v) is 2.03. The van der Waals surface area contributed by atoms with Gasteiger partial charge in [-0.15, -0.1) is 6.58 Å². The summed E-state index contributed by atoms with van der Waals surface area (Å²) >= 11 is 0. The van der Waals surface area contributed by atoms with E-state index in [4.69, 9.17) is 5.73 Å². The van der Waals surface area contributed by atoms with Crippen LogP contribution >= 0.6 is 0 Å². The van der Waals surface area contributed by atoms with E-state index in [9.17, 15) is 4.79 Å². The van der Waals surface area contributed by atoms with Gasteiger partial charge in [0.1, 0.15) is 0 Å². The maximum Gasteiger partial charge on any atom is 0.251 e. The molecular weight excluding hydrogens is 236 g/mol. The molecule has 0 saturated carbocycles. The molecule has 1 aromatic rings. The van der Waals surface area contributed by atoms with Gasteiger partial charge in [-0.05, 0) is 49.4 Å². The Labute approximate surface area is 115 Å². The van der Waals surface area contributed by atoms with Gasteiger partial charge in [0.15, 0.2) is 0 Å². The number of allylic oxidation sites excluding steroid dienone is 1. The standard InChI is InChI=1S/C16H24N2O/c1-4-12(5-2)11-15(6-3)18-16(19)13-7-9-14(17)10-8-13/h4,7-10,12,15H,1,5-6,11,17H2,2-3H3,(H,18,19). The number of hydrogen-bond acceptors (Lipinski definition) is 2. The average molecular weight is 260 g/mol. The van der Waals surface area contributed by atoms with Crippen molar-refractivity contribution in [3.05, 3.63) is 42.5 Å². The van der Waals surface area contributed by atoms with Crippen molar-refractivity contribution in [3.63, 3.8) is 0 Å². The summed E-state index contributed by atoms with van der Waals surface area (Å²) < 4.78 is 0. The van der Waals surface area contributed by atoms with E-state index in [1.807, 2.05) is 6.08 Å². The molecule has 104 valence electrons. The van der Waals surface area contributed by atoms with Gasteiger partial charge in [0.05, 0.1) is 0 Å². The van der Waals surface area contributed by atoms with Gasteiger partial charge in [0.2, 0.25) is 0 Å². The van der Waals surface area contributed by atoms with Crippen LogP contribution in [-0.2, 0) is 0 Å². The number of anilines is 1. The van der Waals surface area contributed by atoms with E-state index in [0.717, 1.165) is 19.3 Å². The highest BCUT2D eigenvalue weighted by Crippen LogP contribution is 2.15. The lowest BCUT2D eigenvalue weighted by Gasteiger charge is -2.20. The zero-order valence-electron chi connectivity index (χ0n) is 11.9. The molecule has 3 N–H and O–H groups in total. The second kappa shape index (κ2) is 7.62. The molecule has 0 heterocycles. The van der Waals surface area contributed by atoms with Crippen LogP contribution in [0.25, 0.3) is 0 Å². The highest BCUT2D eigenvalue weighted by molar-refractivity contribution is 5.94. The third kappa shape index (κ3) is 4.78. The zero-order chi connectivity index (χ0) is 14.3. The van der Waals surface area contributed by atoms with Gasteiger partial charge in [0.25, 0.3) is 5.91 Å². The molecule has 1 amide bonds. The molecule has 0 aromatic heterocycles. The molecule has 0 aliphatic carbocycles. The minimum Gasteiger partial charge on any atom is -0.399 e. The Balaban J connectivity index is 2.62. The Hall–Kier alpha value is -1.77. The van der Waals surface area contributed by atoms with Gasteiger partial charge in [-0.2, -0.15) is 0 Å². The van der Waals surface area contributed by atoms with E-state index in [0.29, 0.717) is 17.2 Å². The molecule has 0 spiro atoms. The molecule has 0 saturated heterocycles. The van der Waals surface area contributed by atoms with E-state index in [1.54, 1.807) is 24.3 Å². The number of nitrogens with one attached hydrogen (secondary N) is 1. The van der Waals surface area contributed by atoms with Gasteiger partial charge in [0, 0.05) is 17.3 Å². The van der Waals surface area contributed by atoms with E-state index in [1.165, 1.54) is 0 Å². The molecule has 3 heteroatoms. The van der Waals surface area contributed by atoms with Crippen molar-refractivity contribution in [1.82, 2.24) is 5.32 Å². The predicted octanol–water partition coefficient (Wildman–Crippen LogP) is 3.38. The van der Waals surface area contributed by atoms with Crippen molar-refractivity contribution in [3.8, 4) is 0 Å². The first-order valence-electron chi connectivity index (χ1n) is 6.89. The summed E-state index contributed by atoms with van der Waals surface area (Å²) in [6, 6.07) is 7.18. The maximum absolute atomic E-state index is 12.1. The molecule has 0 bridgehead atoms. The molecule has 2 unspecified atom stereocenters.